The van der Waals surface area contributed by atoms with Crippen LogP contribution in [0.2, 0.25) is 0 Å². The number of alkyl carbamates (subject to hydrolysis) is 2. The molecule has 0 aliphatic heterocycles. The van der Waals surface area contributed by atoms with Crippen molar-refractivity contribution in [2.45, 2.75) is 18.9 Å². The van der Waals surface area contributed by atoms with E-state index in [0.717, 1.165) is 0 Å². The van der Waals surface area contributed by atoms with Crippen LogP contribution in [-0.4, -0.2) is 78.4 Å². The number of hydrogen-bond donors (Lipinski definition) is 3. The molecule has 0 fully saturated rings. The molecule has 0 aliphatic rings. The predicted molar refractivity (Wildman–Crippen MR) is 84.7 cm³/mol. The lowest BCUT2D eigenvalue weighted by Gasteiger charge is -2.17. The van der Waals surface area contributed by atoms with Crippen LogP contribution in [0.1, 0.15) is 12.8 Å². The van der Waals surface area contributed by atoms with E-state index in [0.29, 0.717) is 26.0 Å². The maximum atomic E-state index is 11.5. The zero-order valence-electron chi connectivity index (χ0n) is 14.4. The summed E-state index contributed by atoms with van der Waals surface area (Å²) >= 11 is 0. The van der Waals surface area contributed by atoms with E-state index in [2.05, 4.69) is 16.0 Å². The lowest BCUT2D eigenvalue weighted by atomic mass is 10.3. The van der Waals surface area contributed by atoms with Gasteiger partial charge in [-0.25, -0.2) is 9.59 Å². The third kappa shape index (κ3) is 12.5. The summed E-state index contributed by atoms with van der Waals surface area (Å²) < 4.78 is 20.1. The number of carbonyl (C=O) groups excluding carboxylic acids is 3. The Bertz CT molecular complexity index is 359. The number of carbonyl (C=O) groups is 3. The van der Waals surface area contributed by atoms with Crippen LogP contribution in [0.15, 0.2) is 0 Å². The average Bonchev–Trinajstić information content (AvgIpc) is 2.59. The zero-order chi connectivity index (χ0) is 18.2. The van der Waals surface area contributed by atoms with E-state index >= 15 is 0 Å². The fourth-order valence-corrected chi connectivity index (χ4v) is 1.49. The van der Waals surface area contributed by atoms with Crippen molar-refractivity contribution in [2.24, 2.45) is 0 Å². The molecule has 0 saturated heterocycles. The SMILES string of the molecule is CNC(=O)OCC(COC(=O)NC)OCCCC(=O)NCCOC. The van der Waals surface area contributed by atoms with Gasteiger partial charge in [-0.2, -0.15) is 0 Å². The minimum atomic E-state index is -0.615. The summed E-state index contributed by atoms with van der Waals surface area (Å²) in [5.74, 6) is -0.101. The van der Waals surface area contributed by atoms with E-state index in [9.17, 15) is 14.4 Å². The van der Waals surface area contributed by atoms with Gasteiger partial charge < -0.3 is 34.9 Å². The summed E-state index contributed by atoms with van der Waals surface area (Å²) in [6, 6.07) is 0. The molecule has 0 unspecified atom stereocenters. The molecular weight excluding hydrogens is 322 g/mol. The van der Waals surface area contributed by atoms with E-state index in [-0.39, 0.29) is 25.7 Å². The van der Waals surface area contributed by atoms with Crippen LogP contribution in [0.4, 0.5) is 9.59 Å². The van der Waals surface area contributed by atoms with Gasteiger partial charge in [0.15, 0.2) is 0 Å². The highest BCUT2D eigenvalue weighted by Crippen LogP contribution is 2.00. The fourth-order valence-electron chi connectivity index (χ4n) is 1.49. The van der Waals surface area contributed by atoms with Crippen LogP contribution < -0.4 is 16.0 Å². The van der Waals surface area contributed by atoms with Gasteiger partial charge in [-0.3, -0.25) is 4.79 Å². The summed E-state index contributed by atoms with van der Waals surface area (Å²) in [6.45, 7) is 1.03. The number of methoxy groups -OCH3 is 1. The molecule has 0 aromatic rings. The number of nitrogens with one attached hydrogen (secondary N) is 3. The maximum absolute atomic E-state index is 11.5. The van der Waals surface area contributed by atoms with Gasteiger partial charge >= 0.3 is 12.2 Å². The van der Waals surface area contributed by atoms with E-state index in [1.54, 1.807) is 7.11 Å². The van der Waals surface area contributed by atoms with Gasteiger partial charge in [-0.15, -0.1) is 0 Å². The highest BCUT2D eigenvalue weighted by molar-refractivity contribution is 5.75. The first kappa shape index (κ1) is 21.9. The third-order valence-electron chi connectivity index (χ3n) is 2.74. The highest BCUT2D eigenvalue weighted by Gasteiger charge is 2.15. The van der Waals surface area contributed by atoms with Crippen molar-refractivity contribution in [3.05, 3.63) is 0 Å². The third-order valence-corrected chi connectivity index (χ3v) is 2.74. The molecule has 3 amide bonds. The van der Waals surface area contributed by atoms with Crippen molar-refractivity contribution >= 4 is 18.1 Å². The van der Waals surface area contributed by atoms with E-state index < -0.39 is 18.3 Å². The molecule has 10 nitrogen and oxygen atoms in total. The van der Waals surface area contributed by atoms with Crippen molar-refractivity contribution in [3.8, 4) is 0 Å². The molecule has 0 atom stereocenters. The molecule has 3 N–H and O–H groups in total. The Balaban J connectivity index is 4.03. The van der Waals surface area contributed by atoms with Gasteiger partial charge in [-0.1, -0.05) is 0 Å². The molecule has 0 rings (SSSR count). The van der Waals surface area contributed by atoms with Crippen molar-refractivity contribution in [1.29, 1.82) is 0 Å². The second kappa shape index (κ2) is 14.5. The van der Waals surface area contributed by atoms with Gasteiger partial charge in [0.2, 0.25) is 5.91 Å². The first-order chi connectivity index (χ1) is 11.5. The monoisotopic (exact) mass is 349 g/mol. The minimum absolute atomic E-state index is 0.0727. The molecule has 0 radical (unpaired) electrons. The van der Waals surface area contributed by atoms with Crippen LogP contribution in [-0.2, 0) is 23.7 Å². The predicted octanol–water partition coefficient (Wildman–Crippen LogP) is -0.374. The molecule has 0 spiro atoms. The van der Waals surface area contributed by atoms with Gasteiger partial charge in [0.25, 0.3) is 0 Å². The van der Waals surface area contributed by atoms with Gasteiger partial charge in [0, 0.05) is 40.8 Å². The fraction of sp³-hybridized carbons (Fsp3) is 0.786. The average molecular weight is 349 g/mol. The summed E-state index contributed by atoms with van der Waals surface area (Å²) in [4.78, 5) is 33.7. The van der Waals surface area contributed by atoms with Gasteiger partial charge in [0.05, 0.1) is 6.61 Å². The Morgan fingerprint density at radius 1 is 0.958 bits per heavy atom. The van der Waals surface area contributed by atoms with E-state index in [1.807, 2.05) is 0 Å². The van der Waals surface area contributed by atoms with Crippen LogP contribution in [0.3, 0.4) is 0 Å². The van der Waals surface area contributed by atoms with Gasteiger partial charge in [0.1, 0.15) is 19.3 Å². The van der Waals surface area contributed by atoms with E-state index in [4.69, 9.17) is 18.9 Å². The second-order valence-electron chi connectivity index (χ2n) is 4.64. The molecule has 0 aromatic heterocycles. The Hall–Kier alpha value is -2.07. The van der Waals surface area contributed by atoms with Crippen molar-refractivity contribution < 1.29 is 33.3 Å². The summed E-state index contributed by atoms with van der Waals surface area (Å²) in [6.07, 6.45) is -1.06. The maximum Gasteiger partial charge on any atom is 0.406 e. The number of hydrogen-bond acceptors (Lipinski definition) is 7. The van der Waals surface area contributed by atoms with Crippen LogP contribution in [0, 0.1) is 0 Å². The molecular formula is C14H27N3O7. The van der Waals surface area contributed by atoms with Crippen molar-refractivity contribution in [2.75, 3.05) is 54.2 Å². The van der Waals surface area contributed by atoms with Crippen LogP contribution >= 0.6 is 0 Å². The Morgan fingerprint density at radius 3 is 2.04 bits per heavy atom. The molecule has 24 heavy (non-hydrogen) atoms. The second-order valence-corrected chi connectivity index (χ2v) is 4.64. The number of amides is 3. The first-order valence-electron chi connectivity index (χ1n) is 7.59. The Labute approximate surface area is 141 Å². The summed E-state index contributed by atoms with van der Waals surface area (Å²) in [7, 11) is 4.42. The minimum Gasteiger partial charge on any atom is -0.447 e. The molecule has 0 saturated carbocycles. The molecule has 10 heteroatoms. The Kier molecular flexibility index (Phi) is 13.3. The van der Waals surface area contributed by atoms with Gasteiger partial charge in [-0.05, 0) is 6.42 Å². The molecule has 0 bridgehead atoms. The van der Waals surface area contributed by atoms with E-state index in [1.165, 1.54) is 14.1 Å². The standard InChI is InChI=1S/C14H27N3O7/c1-15-13(19)23-9-11(10-24-14(20)16-2)22-7-4-5-12(18)17-6-8-21-3/h11H,4-10H2,1-3H3,(H,15,19)(H,16,20)(H,17,18). The quantitative estimate of drug-likeness (QED) is 0.410. The number of ether oxygens (including phenoxy) is 4. The zero-order valence-corrected chi connectivity index (χ0v) is 14.4. The normalized spacial score (nSPS) is 10.2. The molecule has 0 aliphatic carbocycles. The first-order valence-corrected chi connectivity index (χ1v) is 7.59. The highest BCUT2D eigenvalue weighted by atomic mass is 16.6. The molecule has 140 valence electrons. The number of rotatable bonds is 12. The lowest BCUT2D eigenvalue weighted by molar-refractivity contribution is -0.121. The van der Waals surface area contributed by atoms with Crippen LogP contribution in [0.5, 0.6) is 0 Å². The smallest absolute Gasteiger partial charge is 0.406 e. The molecule has 0 heterocycles. The van der Waals surface area contributed by atoms with Crippen molar-refractivity contribution in [3.63, 3.8) is 0 Å². The summed E-state index contributed by atoms with van der Waals surface area (Å²) in [5.41, 5.74) is 0. The lowest BCUT2D eigenvalue weighted by Crippen LogP contribution is -2.33. The summed E-state index contributed by atoms with van der Waals surface area (Å²) in [5, 5.41) is 7.30. The van der Waals surface area contributed by atoms with Crippen LogP contribution in [0.25, 0.3) is 0 Å². The Morgan fingerprint density at radius 2 is 1.54 bits per heavy atom. The molecule has 0 aromatic carbocycles. The topological polar surface area (TPSA) is 124 Å². The van der Waals surface area contributed by atoms with Crippen molar-refractivity contribution in [1.82, 2.24) is 16.0 Å². The largest absolute Gasteiger partial charge is 0.447 e.